The van der Waals surface area contributed by atoms with E-state index >= 15 is 0 Å². The molecule has 0 bridgehead atoms. The Bertz CT molecular complexity index is 823. The Hall–Kier alpha value is -2.10. The van der Waals surface area contributed by atoms with Crippen molar-refractivity contribution in [1.82, 2.24) is 24.8 Å². The molecule has 1 amide bonds. The number of rotatable bonds is 4. The van der Waals surface area contributed by atoms with Crippen molar-refractivity contribution in [3.05, 3.63) is 45.0 Å². The number of thiazole rings is 1. The summed E-state index contributed by atoms with van der Waals surface area (Å²) < 4.78 is 0. The molecule has 2 fully saturated rings. The van der Waals surface area contributed by atoms with Crippen LogP contribution >= 0.6 is 11.3 Å². The topological polar surface area (TPSA) is 102 Å². The number of carbonyl (C=O) groups is 1. The van der Waals surface area contributed by atoms with Crippen LogP contribution in [0.3, 0.4) is 0 Å². The number of hydrogen-bond donors (Lipinski definition) is 2. The third-order valence-electron chi connectivity index (χ3n) is 5.18. The maximum atomic E-state index is 12.6. The Morgan fingerprint density at radius 1 is 1.36 bits per heavy atom. The van der Waals surface area contributed by atoms with E-state index in [1.807, 2.05) is 5.38 Å². The highest BCUT2D eigenvalue weighted by atomic mass is 32.1. The molecule has 4 rings (SSSR count). The van der Waals surface area contributed by atoms with Gasteiger partial charge in [-0.2, -0.15) is 0 Å². The molecule has 2 aliphatic rings. The van der Waals surface area contributed by atoms with Gasteiger partial charge in [-0.15, -0.1) is 11.3 Å². The second kappa shape index (κ2) is 6.32. The first-order valence-corrected chi connectivity index (χ1v) is 9.04. The summed E-state index contributed by atoms with van der Waals surface area (Å²) in [6.07, 6.45) is 4.61. The van der Waals surface area contributed by atoms with E-state index in [1.54, 1.807) is 22.4 Å². The molecule has 9 heteroatoms. The lowest BCUT2D eigenvalue weighted by atomic mass is 9.82. The minimum Gasteiger partial charge on any atom is -0.396 e. The van der Waals surface area contributed by atoms with Gasteiger partial charge in [0.25, 0.3) is 11.5 Å². The first kappa shape index (κ1) is 16.4. The highest BCUT2D eigenvalue weighted by Gasteiger charge is 2.53. The molecule has 2 atom stereocenters. The van der Waals surface area contributed by atoms with E-state index in [2.05, 4.69) is 19.9 Å². The summed E-state index contributed by atoms with van der Waals surface area (Å²) in [6, 6.07) is 0. The Balaban J connectivity index is 1.49. The van der Waals surface area contributed by atoms with Gasteiger partial charge in [-0.1, -0.05) is 0 Å². The van der Waals surface area contributed by atoms with Crippen LogP contribution in [0.25, 0.3) is 0 Å². The quantitative estimate of drug-likeness (QED) is 0.781. The largest absolute Gasteiger partial charge is 0.396 e. The molecule has 2 aromatic heterocycles. The highest BCUT2D eigenvalue weighted by Crippen LogP contribution is 2.42. The molecule has 4 heterocycles. The average Bonchev–Trinajstić information content (AvgIpc) is 3.29. The Kier molecular flexibility index (Phi) is 4.14. The summed E-state index contributed by atoms with van der Waals surface area (Å²) in [5, 5.41) is 13.0. The van der Waals surface area contributed by atoms with Gasteiger partial charge < -0.3 is 15.0 Å². The third kappa shape index (κ3) is 2.88. The predicted octanol–water partition coefficient (Wildman–Crippen LogP) is -0.207. The summed E-state index contributed by atoms with van der Waals surface area (Å²) in [5.74, 6) is -0.181. The van der Waals surface area contributed by atoms with Crippen molar-refractivity contribution in [2.75, 3.05) is 32.8 Å². The number of hydrogen-bond acceptors (Lipinski definition) is 7. The predicted molar refractivity (Wildman–Crippen MR) is 91.2 cm³/mol. The van der Waals surface area contributed by atoms with Crippen molar-refractivity contribution >= 4 is 17.2 Å². The minimum atomic E-state index is -0.479. The van der Waals surface area contributed by atoms with Crippen molar-refractivity contribution in [2.24, 2.45) is 11.3 Å². The number of fused-ring (bicyclic) bond motifs is 1. The van der Waals surface area contributed by atoms with Crippen LogP contribution in [0.2, 0.25) is 0 Å². The smallest absolute Gasteiger partial charge is 0.279 e. The summed E-state index contributed by atoms with van der Waals surface area (Å²) in [4.78, 5) is 39.1. The van der Waals surface area contributed by atoms with Gasteiger partial charge in [0.1, 0.15) is 5.01 Å². The van der Waals surface area contributed by atoms with Crippen molar-refractivity contribution in [1.29, 1.82) is 0 Å². The molecule has 2 aliphatic heterocycles. The van der Waals surface area contributed by atoms with Gasteiger partial charge in [-0.25, -0.2) is 9.97 Å². The van der Waals surface area contributed by atoms with Gasteiger partial charge in [0.15, 0.2) is 5.69 Å². The number of nitrogens with one attached hydrogen (secondary N) is 1. The molecule has 2 aromatic rings. The van der Waals surface area contributed by atoms with E-state index in [4.69, 9.17) is 0 Å². The third-order valence-corrected chi connectivity index (χ3v) is 5.95. The molecule has 25 heavy (non-hydrogen) atoms. The number of amides is 1. The number of aromatic amines is 1. The van der Waals surface area contributed by atoms with Gasteiger partial charge in [-0.05, 0) is 5.92 Å². The van der Waals surface area contributed by atoms with Crippen LogP contribution < -0.4 is 5.56 Å². The van der Waals surface area contributed by atoms with Crippen molar-refractivity contribution in [3.8, 4) is 0 Å². The lowest BCUT2D eigenvalue weighted by Crippen LogP contribution is -2.40. The number of nitrogens with zero attached hydrogens (tertiary/aromatic N) is 4. The first-order chi connectivity index (χ1) is 12.1. The molecular formula is C16H19N5O3S. The first-order valence-electron chi connectivity index (χ1n) is 8.16. The molecule has 0 spiro atoms. The zero-order chi connectivity index (χ0) is 17.4. The van der Waals surface area contributed by atoms with Crippen molar-refractivity contribution in [2.45, 2.75) is 6.54 Å². The number of H-pyrrole nitrogens is 1. The second-order valence-electron chi connectivity index (χ2n) is 6.77. The Morgan fingerprint density at radius 3 is 2.92 bits per heavy atom. The van der Waals surface area contributed by atoms with Crippen LogP contribution in [-0.2, 0) is 6.54 Å². The molecule has 2 N–H and O–H groups in total. The molecule has 0 aliphatic carbocycles. The van der Waals surface area contributed by atoms with Gasteiger partial charge >= 0.3 is 0 Å². The summed E-state index contributed by atoms with van der Waals surface area (Å²) in [6.45, 7) is 3.29. The monoisotopic (exact) mass is 361 g/mol. The fourth-order valence-electron chi connectivity index (χ4n) is 3.97. The van der Waals surface area contributed by atoms with E-state index in [0.717, 1.165) is 24.6 Å². The van der Waals surface area contributed by atoms with Crippen molar-refractivity contribution in [3.63, 3.8) is 0 Å². The molecule has 0 saturated carbocycles. The van der Waals surface area contributed by atoms with Crippen LogP contribution in [-0.4, -0.2) is 68.6 Å². The molecule has 0 radical (unpaired) electrons. The molecular weight excluding hydrogens is 342 g/mol. The maximum absolute atomic E-state index is 12.6. The molecule has 0 aromatic carbocycles. The van der Waals surface area contributed by atoms with E-state index in [0.29, 0.717) is 13.1 Å². The number of aliphatic hydroxyl groups is 1. The second-order valence-corrected chi connectivity index (χ2v) is 7.74. The summed E-state index contributed by atoms with van der Waals surface area (Å²) in [5.41, 5.74) is -0.905. The zero-order valence-electron chi connectivity index (χ0n) is 13.6. The summed E-state index contributed by atoms with van der Waals surface area (Å²) in [7, 11) is 0. The lowest BCUT2D eigenvalue weighted by Gasteiger charge is -2.27. The van der Waals surface area contributed by atoms with Crippen LogP contribution in [0.4, 0.5) is 0 Å². The van der Waals surface area contributed by atoms with E-state index in [9.17, 15) is 14.7 Å². The number of carbonyl (C=O) groups excluding carboxylic acids is 1. The normalized spacial score (nSPS) is 26.1. The van der Waals surface area contributed by atoms with Gasteiger partial charge in [0.05, 0.1) is 13.2 Å². The Labute approximate surface area is 148 Å². The van der Waals surface area contributed by atoms with Gasteiger partial charge in [-0.3, -0.25) is 14.5 Å². The van der Waals surface area contributed by atoms with E-state index < -0.39 is 5.56 Å². The summed E-state index contributed by atoms with van der Waals surface area (Å²) >= 11 is 1.62. The van der Waals surface area contributed by atoms with Gasteiger partial charge in [0.2, 0.25) is 0 Å². The lowest BCUT2D eigenvalue weighted by molar-refractivity contribution is 0.0711. The van der Waals surface area contributed by atoms with E-state index in [-0.39, 0.29) is 29.5 Å². The SMILES string of the molecule is O=C(c1ncc[nH]c1=O)N1CC2CN(Cc3nccs3)CC2(CO)C1. The molecule has 8 nitrogen and oxygen atoms in total. The number of aliphatic hydroxyl groups excluding tert-OH is 1. The standard InChI is InChI=1S/C16H19N5O3S/c22-10-16-8-20(7-12-17-3-4-25-12)5-11(16)6-21(9-16)15(24)13-14(23)19-2-1-18-13/h1-4,11,22H,5-10H2,(H,19,23). The van der Waals surface area contributed by atoms with Crippen LogP contribution in [0.1, 0.15) is 15.5 Å². The average molecular weight is 361 g/mol. The maximum Gasteiger partial charge on any atom is 0.279 e. The highest BCUT2D eigenvalue weighted by molar-refractivity contribution is 7.09. The molecule has 2 unspecified atom stereocenters. The van der Waals surface area contributed by atoms with E-state index in [1.165, 1.54) is 12.4 Å². The molecule has 2 saturated heterocycles. The Morgan fingerprint density at radius 2 is 2.24 bits per heavy atom. The van der Waals surface area contributed by atoms with Crippen LogP contribution in [0.5, 0.6) is 0 Å². The van der Waals surface area contributed by atoms with Crippen LogP contribution in [0, 0.1) is 11.3 Å². The van der Waals surface area contributed by atoms with Crippen LogP contribution in [0.15, 0.2) is 28.8 Å². The zero-order valence-corrected chi connectivity index (χ0v) is 14.4. The van der Waals surface area contributed by atoms with Crippen molar-refractivity contribution < 1.29 is 9.90 Å². The van der Waals surface area contributed by atoms with Gasteiger partial charge in [0, 0.05) is 55.6 Å². The molecule has 132 valence electrons. The fraction of sp³-hybridized carbons (Fsp3) is 0.500. The number of aromatic nitrogens is 3. The fourth-order valence-corrected chi connectivity index (χ4v) is 4.62. The minimum absolute atomic E-state index is 0.0222. The number of likely N-dealkylation sites (tertiary alicyclic amines) is 2.